The van der Waals surface area contributed by atoms with Crippen molar-refractivity contribution in [1.29, 1.82) is 0 Å². The first-order valence-corrected chi connectivity index (χ1v) is 7.76. The maximum Gasteiger partial charge on any atom is 0.329 e. The molecule has 0 aliphatic heterocycles. The summed E-state index contributed by atoms with van der Waals surface area (Å²) in [6.07, 6.45) is 1.35. The van der Waals surface area contributed by atoms with Gasteiger partial charge in [0.2, 0.25) is 5.95 Å². The Kier molecular flexibility index (Phi) is 4.81. The Hall–Kier alpha value is -3.80. The molecule has 1 aromatic carbocycles. The van der Waals surface area contributed by atoms with Crippen LogP contribution in [0.3, 0.4) is 0 Å². The molecule has 3 aromatic rings. The van der Waals surface area contributed by atoms with Crippen molar-refractivity contribution in [1.82, 2.24) is 19.1 Å². The predicted molar refractivity (Wildman–Crippen MR) is 97.0 cm³/mol. The Labute approximate surface area is 150 Å². The lowest BCUT2D eigenvalue weighted by Gasteiger charge is -2.05. The van der Waals surface area contributed by atoms with Gasteiger partial charge in [0.1, 0.15) is 0 Å². The van der Waals surface area contributed by atoms with Crippen molar-refractivity contribution >= 4 is 29.0 Å². The lowest BCUT2D eigenvalue weighted by molar-refractivity contribution is -0.384. The number of fused-ring (bicyclic) bond motifs is 1. The summed E-state index contributed by atoms with van der Waals surface area (Å²) in [7, 11) is 1.45. The van der Waals surface area contributed by atoms with Crippen molar-refractivity contribution in [3.05, 3.63) is 60.8 Å². The lowest BCUT2D eigenvalue weighted by atomic mass is 10.2. The first-order valence-electron chi connectivity index (χ1n) is 7.76. The van der Waals surface area contributed by atoms with E-state index in [9.17, 15) is 24.8 Å². The van der Waals surface area contributed by atoms with Crippen molar-refractivity contribution in [3.8, 4) is 0 Å². The largest absolute Gasteiger partial charge is 0.395 e. The second-order valence-corrected chi connectivity index (χ2v) is 5.52. The smallest absolute Gasteiger partial charge is 0.329 e. The molecule has 3 rings (SSSR count). The Morgan fingerprint density at radius 3 is 2.93 bits per heavy atom. The zero-order valence-electron chi connectivity index (χ0n) is 14.1. The maximum absolute atomic E-state index is 12.1. The highest BCUT2D eigenvalue weighted by molar-refractivity contribution is 5.81. The normalized spacial score (nSPS) is 11.3. The van der Waals surface area contributed by atoms with Gasteiger partial charge in [-0.15, -0.1) is 0 Å². The van der Waals surface area contributed by atoms with E-state index in [4.69, 9.17) is 0 Å². The third-order valence-corrected chi connectivity index (χ3v) is 3.79. The highest BCUT2D eigenvalue weighted by Gasteiger charge is 2.16. The average molecular weight is 373 g/mol. The third kappa shape index (κ3) is 3.46. The first kappa shape index (κ1) is 18.0. The van der Waals surface area contributed by atoms with Gasteiger partial charge < -0.3 is 9.67 Å². The molecule has 140 valence electrons. The van der Waals surface area contributed by atoms with Gasteiger partial charge in [-0.2, -0.15) is 10.1 Å². The molecule has 0 saturated heterocycles. The zero-order valence-corrected chi connectivity index (χ0v) is 14.1. The number of nitro groups is 1. The third-order valence-electron chi connectivity index (χ3n) is 3.79. The monoisotopic (exact) mass is 373 g/mol. The van der Waals surface area contributed by atoms with Crippen LogP contribution in [0.1, 0.15) is 5.56 Å². The van der Waals surface area contributed by atoms with E-state index < -0.39 is 16.2 Å². The molecule has 12 heteroatoms. The van der Waals surface area contributed by atoms with Gasteiger partial charge in [-0.05, 0) is 0 Å². The summed E-state index contributed by atoms with van der Waals surface area (Å²) in [6, 6.07) is 5.85. The van der Waals surface area contributed by atoms with Crippen molar-refractivity contribution in [2.24, 2.45) is 12.1 Å². The van der Waals surface area contributed by atoms with Gasteiger partial charge in [-0.3, -0.25) is 24.5 Å². The van der Waals surface area contributed by atoms with Crippen LogP contribution in [0.2, 0.25) is 0 Å². The molecule has 0 amide bonds. The molecule has 12 nitrogen and oxygen atoms in total. The number of non-ortho nitro benzene ring substituents is 1. The summed E-state index contributed by atoms with van der Waals surface area (Å²) in [5, 5.41) is 24.0. The molecule has 0 atom stereocenters. The van der Waals surface area contributed by atoms with Crippen molar-refractivity contribution in [3.63, 3.8) is 0 Å². The van der Waals surface area contributed by atoms with E-state index in [-0.39, 0.29) is 36.0 Å². The molecule has 0 fully saturated rings. The highest BCUT2D eigenvalue weighted by Crippen LogP contribution is 2.15. The molecule has 0 bridgehead atoms. The fourth-order valence-electron chi connectivity index (χ4n) is 2.52. The van der Waals surface area contributed by atoms with E-state index >= 15 is 0 Å². The number of hydrogen-bond donors (Lipinski definition) is 3. The Morgan fingerprint density at radius 1 is 1.44 bits per heavy atom. The number of rotatable bonds is 6. The molecule has 3 N–H and O–H groups in total. The number of nitrogens with zero attached hydrogens (tertiary/aromatic N) is 5. The summed E-state index contributed by atoms with van der Waals surface area (Å²) in [5.74, 6) is 0.132. The molecular weight excluding hydrogens is 358 g/mol. The average Bonchev–Trinajstić information content (AvgIpc) is 2.99. The Bertz CT molecular complexity index is 1160. The number of imidazole rings is 1. The maximum atomic E-state index is 12.1. The molecule has 0 unspecified atom stereocenters. The highest BCUT2D eigenvalue weighted by atomic mass is 16.6. The number of aryl methyl sites for hydroxylation is 1. The summed E-state index contributed by atoms with van der Waals surface area (Å²) in [6.45, 7) is -0.219. The van der Waals surface area contributed by atoms with Crippen LogP contribution in [0.4, 0.5) is 11.6 Å². The van der Waals surface area contributed by atoms with Crippen LogP contribution < -0.4 is 16.7 Å². The number of aromatic nitrogens is 4. The van der Waals surface area contributed by atoms with Crippen molar-refractivity contribution in [2.75, 3.05) is 12.0 Å². The van der Waals surface area contributed by atoms with Crippen molar-refractivity contribution in [2.45, 2.75) is 6.54 Å². The van der Waals surface area contributed by atoms with Gasteiger partial charge >= 0.3 is 5.69 Å². The van der Waals surface area contributed by atoms with Crippen LogP contribution in [0.5, 0.6) is 0 Å². The number of hydrogen-bond acceptors (Lipinski definition) is 8. The number of nitrogens with one attached hydrogen (secondary N) is 2. The Morgan fingerprint density at radius 2 is 2.22 bits per heavy atom. The zero-order chi connectivity index (χ0) is 19.6. The molecule has 0 aliphatic rings. The van der Waals surface area contributed by atoms with E-state index in [0.717, 1.165) is 0 Å². The lowest BCUT2D eigenvalue weighted by Crippen LogP contribution is -2.29. The number of hydrazone groups is 1. The molecule has 0 spiro atoms. The van der Waals surface area contributed by atoms with E-state index in [1.165, 1.54) is 40.6 Å². The number of aromatic amines is 1. The predicted octanol–water partition coefficient (Wildman–Crippen LogP) is -0.230. The summed E-state index contributed by atoms with van der Waals surface area (Å²) < 4.78 is 2.55. The minimum atomic E-state index is -0.634. The van der Waals surface area contributed by atoms with Gasteiger partial charge in [0.15, 0.2) is 11.2 Å². The molecule has 0 saturated carbocycles. The van der Waals surface area contributed by atoms with E-state index in [1.807, 2.05) is 0 Å². The van der Waals surface area contributed by atoms with E-state index in [0.29, 0.717) is 5.56 Å². The number of anilines is 1. The standard InChI is InChI=1S/C15H15N7O5/c1-20-12-11(13(24)18-15(20)25)21(5-6-23)14(17-12)19-16-8-9-3-2-4-10(7-9)22(26)27/h2-4,7-8,23H,5-6H2,1H3,(H,17,19)(H,18,24,25). The van der Waals surface area contributed by atoms with Crippen molar-refractivity contribution < 1.29 is 10.0 Å². The summed E-state index contributed by atoms with van der Waals surface area (Å²) in [5.41, 5.74) is 2.02. The molecular formula is C15H15N7O5. The molecule has 0 aliphatic carbocycles. The molecule has 0 radical (unpaired) electrons. The second kappa shape index (κ2) is 7.21. The molecule has 2 heterocycles. The van der Waals surface area contributed by atoms with Crippen LogP contribution >= 0.6 is 0 Å². The number of nitro benzene ring substituents is 1. The number of aliphatic hydroxyl groups excluding tert-OH is 1. The number of H-pyrrole nitrogens is 1. The topological polar surface area (TPSA) is 160 Å². The van der Waals surface area contributed by atoms with Crippen LogP contribution in [-0.4, -0.2) is 42.0 Å². The first-order chi connectivity index (χ1) is 12.9. The van der Waals surface area contributed by atoms with E-state index in [2.05, 4.69) is 20.5 Å². The Balaban J connectivity index is 1.98. The summed E-state index contributed by atoms with van der Waals surface area (Å²) in [4.78, 5) is 40.5. The van der Waals surface area contributed by atoms with Gasteiger partial charge in [-0.1, -0.05) is 12.1 Å². The quantitative estimate of drug-likeness (QED) is 0.305. The van der Waals surface area contributed by atoms with Crippen LogP contribution in [-0.2, 0) is 13.6 Å². The molecule has 2 aromatic heterocycles. The van der Waals surface area contributed by atoms with E-state index in [1.54, 1.807) is 6.07 Å². The minimum Gasteiger partial charge on any atom is -0.395 e. The minimum absolute atomic E-state index is 0.0481. The van der Waals surface area contributed by atoms with Gasteiger partial charge in [0.05, 0.1) is 17.7 Å². The van der Waals surface area contributed by atoms with Crippen LogP contribution in [0.15, 0.2) is 39.0 Å². The van der Waals surface area contributed by atoms with Gasteiger partial charge in [0.25, 0.3) is 11.2 Å². The molecule has 27 heavy (non-hydrogen) atoms. The number of aliphatic hydroxyl groups is 1. The fraction of sp³-hybridized carbons (Fsp3) is 0.200. The number of benzene rings is 1. The van der Waals surface area contributed by atoms with Crippen LogP contribution in [0, 0.1) is 10.1 Å². The fourth-order valence-corrected chi connectivity index (χ4v) is 2.52. The van der Waals surface area contributed by atoms with Gasteiger partial charge in [-0.25, -0.2) is 10.2 Å². The van der Waals surface area contributed by atoms with Crippen LogP contribution in [0.25, 0.3) is 11.2 Å². The van der Waals surface area contributed by atoms with Gasteiger partial charge in [0, 0.05) is 31.3 Å². The second-order valence-electron chi connectivity index (χ2n) is 5.52. The SMILES string of the molecule is Cn1c(=O)[nH]c(=O)c2c1nc(NN=Cc1cccc([N+](=O)[O-])c1)n2CCO. The summed E-state index contributed by atoms with van der Waals surface area (Å²) >= 11 is 0.